The van der Waals surface area contributed by atoms with Gasteiger partial charge >= 0.3 is 0 Å². The predicted molar refractivity (Wildman–Crippen MR) is 88.8 cm³/mol. The van der Waals surface area contributed by atoms with Crippen LogP contribution >= 0.6 is 0 Å². The Morgan fingerprint density at radius 3 is 2.87 bits per heavy atom. The molecule has 5 heteroatoms. The Hall–Kier alpha value is -1.98. The SMILES string of the molecule is Cc1cc(Oc2ccccc2)nc(C2CCCN(CCO)C2)n1. The number of ether oxygens (including phenoxy) is 1. The smallest absolute Gasteiger partial charge is 0.222 e. The largest absolute Gasteiger partial charge is 0.439 e. The lowest BCUT2D eigenvalue weighted by molar-refractivity contribution is 0.159. The van der Waals surface area contributed by atoms with Crippen molar-refractivity contribution >= 4 is 0 Å². The molecule has 1 aromatic carbocycles. The Labute approximate surface area is 137 Å². The van der Waals surface area contributed by atoms with Gasteiger partial charge in [0.25, 0.3) is 0 Å². The van der Waals surface area contributed by atoms with Gasteiger partial charge in [-0.2, -0.15) is 4.98 Å². The highest BCUT2D eigenvalue weighted by atomic mass is 16.5. The monoisotopic (exact) mass is 313 g/mol. The maximum atomic E-state index is 9.13. The van der Waals surface area contributed by atoms with Crippen LogP contribution < -0.4 is 4.74 Å². The van der Waals surface area contributed by atoms with Crippen LogP contribution in [0.4, 0.5) is 0 Å². The Bertz CT molecular complexity index is 631. The lowest BCUT2D eigenvalue weighted by atomic mass is 9.97. The van der Waals surface area contributed by atoms with E-state index < -0.39 is 0 Å². The number of rotatable bonds is 5. The Morgan fingerprint density at radius 2 is 2.09 bits per heavy atom. The van der Waals surface area contributed by atoms with E-state index in [-0.39, 0.29) is 6.61 Å². The number of piperidine rings is 1. The maximum Gasteiger partial charge on any atom is 0.222 e. The van der Waals surface area contributed by atoms with Gasteiger partial charge in [-0.1, -0.05) is 18.2 Å². The van der Waals surface area contributed by atoms with E-state index in [0.29, 0.717) is 11.8 Å². The molecule has 1 saturated heterocycles. The average Bonchev–Trinajstić information content (AvgIpc) is 2.56. The molecule has 1 N–H and O–H groups in total. The highest BCUT2D eigenvalue weighted by Gasteiger charge is 2.23. The molecule has 1 unspecified atom stereocenters. The van der Waals surface area contributed by atoms with Gasteiger partial charge in [-0.15, -0.1) is 0 Å². The van der Waals surface area contributed by atoms with E-state index >= 15 is 0 Å². The zero-order valence-electron chi connectivity index (χ0n) is 13.5. The molecule has 2 aromatic rings. The normalized spacial score (nSPS) is 18.8. The van der Waals surface area contributed by atoms with Gasteiger partial charge in [-0.25, -0.2) is 4.98 Å². The lowest BCUT2D eigenvalue weighted by Crippen LogP contribution is -2.36. The first kappa shape index (κ1) is 15.9. The molecule has 0 bridgehead atoms. The molecule has 0 amide bonds. The van der Waals surface area contributed by atoms with Gasteiger partial charge in [-0.3, -0.25) is 0 Å². The van der Waals surface area contributed by atoms with Gasteiger partial charge in [-0.05, 0) is 38.4 Å². The summed E-state index contributed by atoms with van der Waals surface area (Å²) in [6, 6.07) is 11.5. The molecule has 1 aromatic heterocycles. The molecule has 23 heavy (non-hydrogen) atoms. The molecule has 2 heterocycles. The third-order valence-corrected chi connectivity index (χ3v) is 4.10. The summed E-state index contributed by atoms with van der Waals surface area (Å²) in [6.45, 7) is 4.82. The van der Waals surface area contributed by atoms with E-state index in [0.717, 1.165) is 49.7 Å². The second-order valence-corrected chi connectivity index (χ2v) is 5.98. The van der Waals surface area contributed by atoms with Crippen molar-refractivity contribution in [1.29, 1.82) is 0 Å². The second-order valence-electron chi connectivity index (χ2n) is 5.98. The average molecular weight is 313 g/mol. The molecule has 3 rings (SSSR count). The van der Waals surface area contributed by atoms with Crippen LogP contribution in [0, 0.1) is 6.92 Å². The first-order chi connectivity index (χ1) is 11.2. The number of benzene rings is 1. The number of aliphatic hydroxyl groups is 1. The van der Waals surface area contributed by atoms with Crippen molar-refractivity contribution in [2.45, 2.75) is 25.7 Å². The van der Waals surface area contributed by atoms with E-state index in [1.165, 1.54) is 0 Å². The van der Waals surface area contributed by atoms with Crippen LogP contribution in [0.25, 0.3) is 0 Å². The first-order valence-electron chi connectivity index (χ1n) is 8.16. The molecule has 0 spiro atoms. The summed E-state index contributed by atoms with van der Waals surface area (Å²) in [5.74, 6) is 2.52. The van der Waals surface area contributed by atoms with Gasteiger partial charge in [0, 0.05) is 30.8 Å². The Morgan fingerprint density at radius 1 is 1.26 bits per heavy atom. The van der Waals surface area contributed by atoms with E-state index in [2.05, 4.69) is 14.9 Å². The first-order valence-corrected chi connectivity index (χ1v) is 8.16. The van der Waals surface area contributed by atoms with Crippen molar-refractivity contribution in [2.24, 2.45) is 0 Å². The van der Waals surface area contributed by atoms with E-state index in [9.17, 15) is 0 Å². The van der Waals surface area contributed by atoms with Gasteiger partial charge in [0.1, 0.15) is 11.6 Å². The summed E-state index contributed by atoms with van der Waals surface area (Å²) in [7, 11) is 0. The van der Waals surface area contributed by atoms with Crippen molar-refractivity contribution < 1.29 is 9.84 Å². The van der Waals surface area contributed by atoms with Crippen LogP contribution in [0.1, 0.15) is 30.3 Å². The van der Waals surface area contributed by atoms with Gasteiger partial charge in [0.2, 0.25) is 5.88 Å². The fourth-order valence-electron chi connectivity index (χ4n) is 3.02. The van der Waals surface area contributed by atoms with Crippen molar-refractivity contribution in [1.82, 2.24) is 14.9 Å². The molecule has 0 radical (unpaired) electrons. The summed E-state index contributed by atoms with van der Waals surface area (Å²) >= 11 is 0. The third kappa shape index (κ3) is 4.27. The number of likely N-dealkylation sites (tertiary alicyclic amines) is 1. The van der Waals surface area contributed by atoms with Crippen LogP contribution in [0.5, 0.6) is 11.6 Å². The topological polar surface area (TPSA) is 58.5 Å². The Balaban J connectivity index is 1.77. The zero-order valence-corrected chi connectivity index (χ0v) is 13.5. The standard InChI is InChI=1S/C18H23N3O2/c1-14-12-17(23-16-7-3-2-4-8-16)20-18(19-14)15-6-5-9-21(13-15)10-11-22/h2-4,7-8,12,15,22H,5-6,9-11,13H2,1H3. The fourth-order valence-corrected chi connectivity index (χ4v) is 3.02. The van der Waals surface area contributed by atoms with Gasteiger partial charge < -0.3 is 14.7 Å². The van der Waals surface area contributed by atoms with Crippen LogP contribution in [-0.4, -0.2) is 46.2 Å². The number of aliphatic hydroxyl groups excluding tert-OH is 1. The highest BCUT2D eigenvalue weighted by Crippen LogP contribution is 2.27. The lowest BCUT2D eigenvalue weighted by Gasteiger charge is -2.31. The Kier molecular flexibility index (Phi) is 5.20. The van der Waals surface area contributed by atoms with Crippen LogP contribution in [-0.2, 0) is 0 Å². The molecule has 1 fully saturated rings. The fraction of sp³-hybridized carbons (Fsp3) is 0.444. The van der Waals surface area contributed by atoms with Crippen molar-refractivity contribution in [3.63, 3.8) is 0 Å². The molecular formula is C18H23N3O2. The second kappa shape index (κ2) is 7.53. The van der Waals surface area contributed by atoms with Crippen molar-refractivity contribution in [2.75, 3.05) is 26.2 Å². The minimum absolute atomic E-state index is 0.198. The van der Waals surface area contributed by atoms with Crippen LogP contribution in [0.3, 0.4) is 0 Å². The summed E-state index contributed by atoms with van der Waals surface area (Å²) in [5.41, 5.74) is 0.917. The number of aromatic nitrogens is 2. The van der Waals surface area contributed by atoms with Crippen molar-refractivity contribution in [3.8, 4) is 11.6 Å². The molecule has 0 saturated carbocycles. The molecular weight excluding hydrogens is 290 g/mol. The summed E-state index contributed by atoms with van der Waals surface area (Å²) in [4.78, 5) is 11.5. The maximum absolute atomic E-state index is 9.13. The van der Waals surface area contributed by atoms with Crippen LogP contribution in [0.2, 0.25) is 0 Å². The summed E-state index contributed by atoms with van der Waals surface area (Å²) in [6.07, 6.45) is 2.19. The molecule has 122 valence electrons. The van der Waals surface area contributed by atoms with E-state index in [1.807, 2.05) is 43.3 Å². The van der Waals surface area contributed by atoms with E-state index in [1.54, 1.807) is 0 Å². The summed E-state index contributed by atoms with van der Waals surface area (Å²) in [5, 5.41) is 9.13. The molecule has 1 aliphatic heterocycles. The number of aryl methyl sites for hydroxylation is 1. The van der Waals surface area contributed by atoms with Crippen LogP contribution in [0.15, 0.2) is 36.4 Å². The quantitative estimate of drug-likeness (QED) is 0.920. The third-order valence-electron chi connectivity index (χ3n) is 4.10. The minimum atomic E-state index is 0.198. The predicted octanol–water partition coefficient (Wildman–Crippen LogP) is 2.75. The number of nitrogens with zero attached hydrogens (tertiary/aromatic N) is 3. The number of β-amino-alcohol motifs (C(OH)–C–C–N with tert-alkyl or cyclic N) is 1. The van der Waals surface area contributed by atoms with Crippen molar-refractivity contribution in [3.05, 3.63) is 47.9 Å². The highest BCUT2D eigenvalue weighted by molar-refractivity contribution is 5.27. The molecule has 1 aliphatic rings. The number of hydrogen-bond acceptors (Lipinski definition) is 5. The molecule has 0 aliphatic carbocycles. The molecule has 5 nitrogen and oxygen atoms in total. The zero-order chi connectivity index (χ0) is 16.1. The minimum Gasteiger partial charge on any atom is -0.439 e. The number of hydrogen-bond donors (Lipinski definition) is 1. The van der Waals surface area contributed by atoms with E-state index in [4.69, 9.17) is 9.84 Å². The number of para-hydroxylation sites is 1. The summed E-state index contributed by atoms with van der Waals surface area (Å²) < 4.78 is 5.86. The van der Waals surface area contributed by atoms with Gasteiger partial charge in [0.15, 0.2) is 0 Å². The van der Waals surface area contributed by atoms with Gasteiger partial charge in [0.05, 0.1) is 6.61 Å². The molecule has 1 atom stereocenters.